The average molecular weight is 1450 g/mol. The summed E-state index contributed by atoms with van der Waals surface area (Å²) < 4.78 is 6.89. The van der Waals surface area contributed by atoms with Crippen molar-refractivity contribution in [2.45, 2.75) is 209 Å². The summed E-state index contributed by atoms with van der Waals surface area (Å²) in [6.07, 6.45) is 17.9. The van der Waals surface area contributed by atoms with Gasteiger partial charge in [0.15, 0.2) is 0 Å². The summed E-state index contributed by atoms with van der Waals surface area (Å²) in [5.74, 6) is 5.45. The standard InChI is InChI=1S/C46H64OSi.C43H50Si.2CH3.2ClH.Zr/c1-29(2)28-47-42-40(46(8,9)10)27-39-38(41(42)33-17-14-13-15-18-33)26-31(4)44(39)48(11,12)43-30(3)25-37-35(19-16-20-36(37)43)32-21-23-34(24-22-32)45(5,6)7;1-27-24-35-33(30-20-22-32(23-21-30)42(4,5)6)18-15-19-34(35)40(27)44(10,11)41-28(2)25-36-37(41)26-38(43(7,8)9)29(3)39(36)31-16-13-12-14-17-31;;;;;/h13-24,27,29-31,36-39,43-44H,25-26,28H2,1-12H3;12-26,40-41H,1-11H3;2*1H3;2*1H;/q;;2*-1;;;+4/p-2. The Hall–Kier alpha value is -4.54. The first-order valence-electron chi connectivity index (χ1n) is 36.0. The van der Waals surface area contributed by atoms with Gasteiger partial charge < -0.3 is 19.6 Å². The summed E-state index contributed by atoms with van der Waals surface area (Å²) in [4.78, 5) is 0. The van der Waals surface area contributed by atoms with Gasteiger partial charge in [0, 0.05) is 16.7 Å². The first kappa shape index (κ1) is 78.2. The predicted octanol–water partition coefficient (Wildman–Crippen LogP) is 27.7. The predicted molar refractivity (Wildman–Crippen MR) is 431 cm³/mol. The molecule has 6 heteroatoms. The van der Waals surface area contributed by atoms with E-state index in [9.17, 15) is 0 Å². The van der Waals surface area contributed by atoms with E-state index in [1.165, 1.54) is 113 Å². The van der Waals surface area contributed by atoms with Crippen LogP contribution in [0.4, 0.5) is 0 Å². The van der Waals surface area contributed by atoms with E-state index in [1.54, 1.807) is 11.1 Å². The topological polar surface area (TPSA) is 9.23 Å². The summed E-state index contributed by atoms with van der Waals surface area (Å²) in [6, 6.07) is 50.9. The van der Waals surface area contributed by atoms with Crippen molar-refractivity contribution in [3.05, 3.63) is 251 Å². The monoisotopic (exact) mass is 1440 g/mol. The molecule has 0 heterocycles. The van der Waals surface area contributed by atoms with Gasteiger partial charge >= 0.3 is 37.9 Å². The minimum absolute atomic E-state index is 0. The molecular weight excluding hydrogens is 1330 g/mol. The SMILES string of the molecule is CC(C)COC1=C(c2ccccc2)C2CC(C)C([Si](C)(C)C3C(C)CC4C(c5ccc(C(C)(C)C)cc5)=CC=CC43)C2C=C1C(C)(C)C.CC1=Cc2c(-c3ccc(C(C)(C)C)cc3)cccc2C1[Si](C)(C)C1C(C)=Cc2c1cc(C(C)(C)C)c(C)c2-c1ccccc1.[CH3-].[CH3-].[Cl][Zr+2][Cl]. The summed E-state index contributed by atoms with van der Waals surface area (Å²) in [7, 11) is 6.08. The molecule has 10 unspecified atom stereocenters. The van der Waals surface area contributed by atoms with E-state index < -0.39 is 37.0 Å². The molecule has 10 atom stereocenters. The van der Waals surface area contributed by atoms with Gasteiger partial charge in [-0.25, -0.2) is 0 Å². The van der Waals surface area contributed by atoms with E-state index in [0.29, 0.717) is 46.6 Å². The van der Waals surface area contributed by atoms with Crippen LogP contribution in [0, 0.1) is 68.6 Å². The molecule has 0 amide bonds. The van der Waals surface area contributed by atoms with Crippen LogP contribution in [0.15, 0.2) is 180 Å². The Kier molecular flexibility index (Phi) is 24.3. The molecule has 6 aromatic carbocycles. The molecular formula is C91H120Cl2OSi2Zr. The Morgan fingerprint density at radius 2 is 1.03 bits per heavy atom. The molecule has 97 heavy (non-hydrogen) atoms. The van der Waals surface area contributed by atoms with E-state index in [4.69, 9.17) is 21.8 Å². The second kappa shape index (κ2) is 30.2. The number of hydrogen-bond acceptors (Lipinski definition) is 1. The van der Waals surface area contributed by atoms with Gasteiger partial charge in [0.1, 0.15) is 5.76 Å². The van der Waals surface area contributed by atoms with Gasteiger partial charge in [-0.05, 0) is 197 Å². The molecule has 2 fully saturated rings. The molecule has 0 aliphatic heterocycles. The van der Waals surface area contributed by atoms with Crippen LogP contribution in [-0.4, -0.2) is 22.8 Å². The number of halogens is 2. The van der Waals surface area contributed by atoms with Crippen molar-refractivity contribution in [1.29, 1.82) is 0 Å². The van der Waals surface area contributed by atoms with Crippen molar-refractivity contribution in [3.63, 3.8) is 0 Å². The molecule has 0 saturated heterocycles. The van der Waals surface area contributed by atoms with Crippen LogP contribution in [0.5, 0.6) is 0 Å². The number of fused-ring (bicyclic) bond motifs is 4. The van der Waals surface area contributed by atoms with Gasteiger partial charge in [-0.1, -0.05) is 318 Å². The van der Waals surface area contributed by atoms with Crippen molar-refractivity contribution >= 4 is 56.5 Å². The second-order valence-electron chi connectivity index (χ2n) is 35.4. The minimum atomic E-state index is -1.98. The Morgan fingerprint density at radius 1 is 0.536 bits per heavy atom. The molecule has 0 aromatic heterocycles. The van der Waals surface area contributed by atoms with Crippen molar-refractivity contribution in [2.24, 2.45) is 46.8 Å². The fraction of sp³-hybridized carbons (Fsp3) is 0.451. The molecule has 12 rings (SSSR count). The second-order valence-corrected chi connectivity index (χ2v) is 48.9. The first-order valence-corrected chi connectivity index (χ1v) is 48.6. The van der Waals surface area contributed by atoms with Crippen LogP contribution in [0.1, 0.15) is 204 Å². The summed E-state index contributed by atoms with van der Waals surface area (Å²) in [6.45, 7) is 56.7. The molecule has 0 N–H and O–H groups in total. The quantitative estimate of drug-likeness (QED) is 0.0928. The number of benzene rings is 6. The summed E-state index contributed by atoms with van der Waals surface area (Å²) in [5.41, 5.74) is 30.4. The number of hydrogen-bond donors (Lipinski definition) is 0. The zero-order chi connectivity index (χ0) is 69.2. The van der Waals surface area contributed by atoms with E-state index in [0.717, 1.165) is 23.6 Å². The van der Waals surface area contributed by atoms with Gasteiger partial charge in [0.05, 0.1) is 22.8 Å². The first-order chi connectivity index (χ1) is 44.5. The van der Waals surface area contributed by atoms with E-state index in [1.807, 2.05) is 0 Å². The van der Waals surface area contributed by atoms with Crippen LogP contribution in [-0.2, 0) is 41.8 Å². The molecule has 6 aromatic rings. The normalized spacial score (nSPS) is 23.5. The molecule has 0 radical (unpaired) electrons. The van der Waals surface area contributed by atoms with Gasteiger partial charge in [0.2, 0.25) is 0 Å². The molecule has 0 spiro atoms. The summed E-state index contributed by atoms with van der Waals surface area (Å²) >= 11 is -0.826. The molecule has 6 aliphatic rings. The van der Waals surface area contributed by atoms with Gasteiger partial charge in [-0.15, -0.1) is 0 Å². The Morgan fingerprint density at radius 3 is 1.55 bits per heavy atom. The maximum absolute atomic E-state index is 6.89. The maximum atomic E-state index is 6.89. The van der Waals surface area contributed by atoms with Gasteiger partial charge in [-0.2, -0.15) is 0 Å². The van der Waals surface area contributed by atoms with E-state index in [2.05, 4.69) is 328 Å². The molecule has 6 aliphatic carbocycles. The third-order valence-electron chi connectivity index (χ3n) is 23.2. The fourth-order valence-electron chi connectivity index (χ4n) is 19.5. The Labute approximate surface area is 612 Å². The third-order valence-corrected chi connectivity index (χ3v) is 33.1. The molecule has 1 nitrogen and oxygen atoms in total. The molecule has 2 saturated carbocycles. The van der Waals surface area contributed by atoms with Crippen molar-refractivity contribution in [1.82, 2.24) is 0 Å². The number of allylic oxidation sites excluding steroid dienone is 9. The van der Waals surface area contributed by atoms with Crippen LogP contribution in [0.3, 0.4) is 0 Å². The zero-order valence-electron chi connectivity index (χ0n) is 64.3. The number of rotatable bonds is 11. The fourth-order valence-corrected chi connectivity index (χ4v) is 30.8. The van der Waals surface area contributed by atoms with Crippen LogP contribution < -0.4 is 0 Å². The molecule has 516 valence electrons. The summed E-state index contributed by atoms with van der Waals surface area (Å²) in [5, 5.41) is 0. The van der Waals surface area contributed by atoms with E-state index in [-0.39, 0.29) is 36.5 Å². The van der Waals surface area contributed by atoms with Crippen molar-refractivity contribution in [2.75, 3.05) is 6.61 Å². The van der Waals surface area contributed by atoms with Crippen LogP contribution in [0.25, 0.3) is 45.6 Å². The van der Waals surface area contributed by atoms with Gasteiger partial charge in [0.25, 0.3) is 0 Å². The van der Waals surface area contributed by atoms with Crippen molar-refractivity contribution in [3.8, 4) is 22.3 Å². The van der Waals surface area contributed by atoms with E-state index >= 15 is 0 Å². The van der Waals surface area contributed by atoms with Gasteiger partial charge in [-0.3, -0.25) is 0 Å². The third kappa shape index (κ3) is 15.6. The Bertz CT molecular complexity index is 3940. The van der Waals surface area contributed by atoms with Crippen LogP contribution >= 0.6 is 17.0 Å². The molecule has 0 bridgehead atoms. The zero-order valence-corrected chi connectivity index (χ0v) is 70.3. The van der Waals surface area contributed by atoms with Crippen LogP contribution in [0.2, 0.25) is 37.3 Å². The number of ether oxygens (including phenoxy) is 1. The Balaban J connectivity index is 0.000000234. The van der Waals surface area contributed by atoms with Crippen molar-refractivity contribution < 1.29 is 25.6 Å². The average Bonchev–Trinajstić information content (AvgIpc) is 1.59.